The molecule has 0 unspecified atom stereocenters. The third-order valence-corrected chi connectivity index (χ3v) is 5.17. The van der Waals surface area contributed by atoms with Gasteiger partial charge in [0.2, 0.25) is 0 Å². The first kappa shape index (κ1) is 16.7. The number of ether oxygens (including phenoxy) is 1. The number of aryl methyl sites for hydroxylation is 2. The molecule has 0 saturated heterocycles. The third-order valence-electron chi connectivity index (χ3n) is 4.30. The van der Waals surface area contributed by atoms with Gasteiger partial charge in [-0.2, -0.15) is 5.10 Å². The Hall–Kier alpha value is -2.80. The van der Waals surface area contributed by atoms with E-state index < -0.39 is 0 Å². The quantitative estimate of drug-likeness (QED) is 0.855. The lowest BCUT2D eigenvalue weighted by molar-refractivity contribution is -0.118. The topological polar surface area (TPSA) is 75.1 Å². The van der Waals surface area contributed by atoms with Crippen LogP contribution in [0.1, 0.15) is 16.7 Å². The van der Waals surface area contributed by atoms with E-state index in [0.29, 0.717) is 17.2 Å². The van der Waals surface area contributed by atoms with Crippen molar-refractivity contribution in [2.45, 2.75) is 13.8 Å². The number of hydrazone groups is 1. The summed E-state index contributed by atoms with van der Waals surface area (Å²) in [5, 5.41) is 8.04. The number of benzene rings is 2. The van der Waals surface area contributed by atoms with E-state index in [2.05, 4.69) is 46.8 Å². The van der Waals surface area contributed by atoms with Gasteiger partial charge in [0.15, 0.2) is 11.8 Å². The van der Waals surface area contributed by atoms with Gasteiger partial charge in [-0.1, -0.05) is 17.8 Å². The van der Waals surface area contributed by atoms with E-state index in [-0.39, 0.29) is 12.5 Å². The van der Waals surface area contributed by atoms with Crippen molar-refractivity contribution in [1.29, 1.82) is 0 Å². The minimum absolute atomic E-state index is 0.0585. The number of anilines is 1. The summed E-state index contributed by atoms with van der Waals surface area (Å²) in [5.41, 5.74) is 8.93. The van der Waals surface area contributed by atoms with Crippen molar-refractivity contribution in [3.05, 3.63) is 53.1 Å². The Morgan fingerprint density at radius 1 is 1.15 bits per heavy atom. The summed E-state index contributed by atoms with van der Waals surface area (Å²) in [5.74, 6) is 1.24. The lowest BCUT2D eigenvalue weighted by Gasteiger charge is -2.20. The number of hydrogen-bond donors (Lipinski definition) is 2. The van der Waals surface area contributed by atoms with Crippen LogP contribution < -0.4 is 15.5 Å². The van der Waals surface area contributed by atoms with Gasteiger partial charge >= 0.3 is 0 Å². The van der Waals surface area contributed by atoms with Crippen LogP contribution in [0.5, 0.6) is 5.75 Å². The molecule has 6 nitrogen and oxygen atoms in total. The van der Waals surface area contributed by atoms with Crippen molar-refractivity contribution < 1.29 is 9.53 Å². The van der Waals surface area contributed by atoms with E-state index in [9.17, 15) is 4.79 Å². The SMILES string of the molecule is Cc1ccc(N=C2NN=C(c3ccc4c(c3)NC(=O)CO4)CS2)cc1C. The second-order valence-corrected chi connectivity index (χ2v) is 7.16. The van der Waals surface area contributed by atoms with Crippen LogP contribution in [0, 0.1) is 13.8 Å². The largest absolute Gasteiger partial charge is 0.482 e. The van der Waals surface area contributed by atoms with Crippen LogP contribution in [0.15, 0.2) is 46.5 Å². The zero-order chi connectivity index (χ0) is 18.1. The maximum atomic E-state index is 11.5. The molecule has 2 heterocycles. The average Bonchev–Trinajstić information content (AvgIpc) is 2.65. The molecule has 0 atom stereocenters. The predicted octanol–water partition coefficient (Wildman–Crippen LogP) is 3.36. The summed E-state index contributed by atoms with van der Waals surface area (Å²) in [4.78, 5) is 16.1. The molecule has 2 aliphatic rings. The van der Waals surface area contributed by atoms with Crippen LogP contribution in [-0.4, -0.2) is 29.1 Å². The summed E-state index contributed by atoms with van der Waals surface area (Å²) < 4.78 is 5.39. The molecule has 0 bridgehead atoms. The molecule has 7 heteroatoms. The third kappa shape index (κ3) is 3.43. The fraction of sp³-hybridized carbons (Fsp3) is 0.211. The van der Waals surface area contributed by atoms with Crippen molar-refractivity contribution in [1.82, 2.24) is 5.43 Å². The van der Waals surface area contributed by atoms with E-state index in [1.807, 2.05) is 24.3 Å². The van der Waals surface area contributed by atoms with Crippen molar-refractivity contribution in [2.24, 2.45) is 10.1 Å². The first-order valence-corrected chi connectivity index (χ1v) is 9.25. The highest BCUT2D eigenvalue weighted by molar-refractivity contribution is 8.14. The van der Waals surface area contributed by atoms with Gasteiger partial charge in [0.1, 0.15) is 5.75 Å². The molecule has 2 aromatic carbocycles. The fourth-order valence-electron chi connectivity index (χ4n) is 2.70. The number of hydrogen-bond acceptors (Lipinski definition) is 5. The van der Waals surface area contributed by atoms with Crippen molar-refractivity contribution in [3.63, 3.8) is 0 Å². The average molecular weight is 366 g/mol. The maximum absolute atomic E-state index is 11.5. The molecule has 0 spiro atoms. The Balaban J connectivity index is 1.52. The number of fused-ring (bicyclic) bond motifs is 1. The van der Waals surface area contributed by atoms with Crippen molar-refractivity contribution >= 4 is 39.9 Å². The summed E-state index contributed by atoms with van der Waals surface area (Å²) in [6, 6.07) is 11.8. The van der Waals surface area contributed by atoms with Crippen molar-refractivity contribution in [2.75, 3.05) is 17.7 Å². The van der Waals surface area contributed by atoms with Crippen LogP contribution >= 0.6 is 11.8 Å². The molecule has 1 amide bonds. The fourth-order valence-corrected chi connectivity index (χ4v) is 3.48. The maximum Gasteiger partial charge on any atom is 0.262 e. The molecule has 4 rings (SSSR count). The minimum atomic E-state index is -0.143. The Labute approximate surface area is 155 Å². The highest BCUT2D eigenvalue weighted by Gasteiger charge is 2.19. The van der Waals surface area contributed by atoms with Crippen LogP contribution in [0.2, 0.25) is 0 Å². The second-order valence-electron chi connectivity index (χ2n) is 6.19. The molecule has 0 aromatic heterocycles. The molecule has 0 fully saturated rings. The summed E-state index contributed by atoms with van der Waals surface area (Å²) >= 11 is 1.60. The van der Waals surface area contributed by atoms with Gasteiger partial charge in [0.25, 0.3) is 5.91 Å². The highest BCUT2D eigenvalue weighted by Crippen LogP contribution is 2.29. The first-order chi connectivity index (χ1) is 12.6. The molecular weight excluding hydrogens is 348 g/mol. The zero-order valence-electron chi connectivity index (χ0n) is 14.5. The normalized spacial score (nSPS) is 17.7. The van der Waals surface area contributed by atoms with Crippen LogP contribution in [-0.2, 0) is 4.79 Å². The Morgan fingerprint density at radius 3 is 2.81 bits per heavy atom. The summed E-state index contributed by atoms with van der Waals surface area (Å²) in [6.45, 7) is 4.22. The van der Waals surface area contributed by atoms with E-state index in [0.717, 1.165) is 22.1 Å². The number of amidine groups is 1. The number of carbonyl (C=O) groups is 1. The first-order valence-electron chi connectivity index (χ1n) is 8.27. The predicted molar refractivity (Wildman–Crippen MR) is 106 cm³/mol. The lowest BCUT2D eigenvalue weighted by atomic mass is 10.1. The van der Waals surface area contributed by atoms with Gasteiger partial charge in [-0.3, -0.25) is 10.2 Å². The second kappa shape index (κ2) is 6.84. The highest BCUT2D eigenvalue weighted by atomic mass is 32.2. The van der Waals surface area contributed by atoms with E-state index in [1.165, 1.54) is 11.1 Å². The number of nitrogens with zero attached hydrogens (tertiary/aromatic N) is 2. The van der Waals surface area contributed by atoms with Gasteiger partial charge in [-0.05, 0) is 55.3 Å². The van der Waals surface area contributed by atoms with Gasteiger partial charge < -0.3 is 10.1 Å². The van der Waals surface area contributed by atoms with Gasteiger partial charge in [0.05, 0.1) is 17.1 Å². The number of nitrogens with one attached hydrogen (secondary N) is 2. The van der Waals surface area contributed by atoms with E-state index in [4.69, 9.17) is 4.74 Å². The van der Waals surface area contributed by atoms with Gasteiger partial charge in [-0.15, -0.1) is 0 Å². The monoisotopic (exact) mass is 366 g/mol. The molecule has 2 N–H and O–H groups in total. The standard InChI is InChI=1S/C19H18N4O2S/c1-11-3-5-14(7-12(11)2)20-19-23-22-16(10-26-19)13-4-6-17-15(8-13)21-18(24)9-25-17/h3-8H,9-10H2,1-2H3,(H,20,23)(H,21,24). The molecule has 0 radical (unpaired) electrons. The Bertz CT molecular complexity index is 953. The number of thioether (sulfide) groups is 1. The molecule has 2 aromatic rings. The Morgan fingerprint density at radius 2 is 2.04 bits per heavy atom. The number of rotatable bonds is 2. The number of carbonyl (C=O) groups excluding carboxylic acids is 1. The molecule has 26 heavy (non-hydrogen) atoms. The van der Waals surface area contributed by atoms with Crippen molar-refractivity contribution in [3.8, 4) is 5.75 Å². The van der Waals surface area contributed by atoms with E-state index in [1.54, 1.807) is 11.8 Å². The molecule has 2 aliphatic heterocycles. The number of amides is 1. The summed E-state index contributed by atoms with van der Waals surface area (Å²) in [6.07, 6.45) is 0. The number of aliphatic imine (C=N–C) groups is 1. The summed E-state index contributed by atoms with van der Waals surface area (Å²) in [7, 11) is 0. The van der Waals surface area contributed by atoms with Crippen LogP contribution in [0.25, 0.3) is 0 Å². The van der Waals surface area contributed by atoms with E-state index >= 15 is 0 Å². The van der Waals surface area contributed by atoms with Crippen LogP contribution in [0.4, 0.5) is 11.4 Å². The smallest absolute Gasteiger partial charge is 0.262 e. The molecule has 0 saturated carbocycles. The van der Waals surface area contributed by atoms with Crippen LogP contribution in [0.3, 0.4) is 0 Å². The molecule has 0 aliphatic carbocycles. The lowest BCUT2D eigenvalue weighted by Crippen LogP contribution is -2.27. The van der Waals surface area contributed by atoms with Gasteiger partial charge in [0, 0.05) is 11.3 Å². The van der Waals surface area contributed by atoms with Gasteiger partial charge in [-0.25, -0.2) is 4.99 Å². The molecule has 132 valence electrons. The molecular formula is C19H18N4O2S. The zero-order valence-corrected chi connectivity index (χ0v) is 15.3. The Kier molecular flexibility index (Phi) is 4.38. The minimum Gasteiger partial charge on any atom is -0.482 e.